The number of para-hydroxylation sites is 1. The molecule has 7 nitrogen and oxygen atoms in total. The lowest BCUT2D eigenvalue weighted by Crippen LogP contribution is -2.43. The Bertz CT molecular complexity index is 931. The highest BCUT2D eigenvalue weighted by atomic mass is 32.2. The summed E-state index contributed by atoms with van der Waals surface area (Å²) in [6.45, 7) is 5.94. The van der Waals surface area contributed by atoms with Gasteiger partial charge in [-0.05, 0) is 32.4 Å². The standard InChI is InChI=1S/C17H22N4O3S/c1-5-17(2,3)19-16(22)15-13-10-20(4)25(23,24)14-9-7-6-8-12(14)21(13)11-18-15/h6-9,11H,5,10H2,1-4H3,(H,19,22). The fourth-order valence-corrected chi connectivity index (χ4v) is 4.02. The zero-order valence-corrected chi connectivity index (χ0v) is 15.6. The average molecular weight is 362 g/mol. The van der Waals surface area contributed by atoms with E-state index in [4.69, 9.17) is 0 Å². The van der Waals surface area contributed by atoms with E-state index in [2.05, 4.69) is 10.3 Å². The predicted octanol–water partition coefficient (Wildman–Crippen LogP) is 1.92. The number of rotatable bonds is 3. The molecule has 0 radical (unpaired) electrons. The normalized spacial score (nSPS) is 16.6. The van der Waals surface area contributed by atoms with Crippen molar-refractivity contribution in [3.05, 3.63) is 42.0 Å². The number of nitrogens with one attached hydrogen (secondary N) is 1. The Hall–Kier alpha value is -2.19. The minimum absolute atomic E-state index is 0.0757. The topological polar surface area (TPSA) is 84.3 Å². The Balaban J connectivity index is 2.13. The van der Waals surface area contributed by atoms with Crippen molar-refractivity contribution in [2.45, 2.75) is 44.2 Å². The molecule has 1 N–H and O–H groups in total. The van der Waals surface area contributed by atoms with E-state index in [9.17, 15) is 13.2 Å². The molecule has 2 heterocycles. The van der Waals surface area contributed by atoms with Gasteiger partial charge in [0.1, 0.15) is 11.2 Å². The van der Waals surface area contributed by atoms with Crippen LogP contribution in [0.2, 0.25) is 0 Å². The van der Waals surface area contributed by atoms with E-state index in [1.165, 1.54) is 17.7 Å². The van der Waals surface area contributed by atoms with Gasteiger partial charge in [-0.3, -0.25) is 9.36 Å². The highest BCUT2D eigenvalue weighted by Crippen LogP contribution is 2.30. The SMILES string of the molecule is CCC(C)(C)NC(=O)c1ncn2c1CN(C)S(=O)(=O)c1ccccc1-2. The number of nitrogens with zero attached hydrogens (tertiary/aromatic N) is 3. The largest absolute Gasteiger partial charge is 0.346 e. The van der Waals surface area contributed by atoms with Crippen molar-refractivity contribution in [3.63, 3.8) is 0 Å². The van der Waals surface area contributed by atoms with E-state index in [0.29, 0.717) is 11.4 Å². The number of fused-ring (bicyclic) bond motifs is 3. The summed E-state index contributed by atoms with van der Waals surface area (Å²) in [7, 11) is -2.12. The quantitative estimate of drug-likeness (QED) is 0.904. The highest BCUT2D eigenvalue weighted by Gasteiger charge is 2.33. The van der Waals surface area contributed by atoms with Crippen LogP contribution in [0.15, 0.2) is 35.5 Å². The summed E-state index contributed by atoms with van der Waals surface area (Å²) < 4.78 is 28.4. The molecular weight excluding hydrogens is 340 g/mol. The molecule has 2 aromatic rings. The minimum Gasteiger partial charge on any atom is -0.346 e. The second kappa shape index (κ2) is 5.96. The number of aromatic nitrogens is 2. The van der Waals surface area contributed by atoms with Crippen LogP contribution >= 0.6 is 0 Å². The zero-order chi connectivity index (χ0) is 18.4. The molecule has 134 valence electrons. The molecule has 0 unspecified atom stereocenters. The number of amides is 1. The van der Waals surface area contributed by atoms with Crippen LogP contribution in [0.3, 0.4) is 0 Å². The predicted molar refractivity (Wildman–Crippen MR) is 94.1 cm³/mol. The van der Waals surface area contributed by atoms with Gasteiger partial charge in [0, 0.05) is 12.6 Å². The third-order valence-electron chi connectivity index (χ3n) is 4.60. The number of sulfonamides is 1. The Kier molecular flexibility index (Phi) is 4.20. The first-order valence-corrected chi connectivity index (χ1v) is 9.56. The second-order valence-electron chi connectivity index (χ2n) is 6.83. The lowest BCUT2D eigenvalue weighted by atomic mass is 10.0. The van der Waals surface area contributed by atoms with Gasteiger partial charge >= 0.3 is 0 Å². The van der Waals surface area contributed by atoms with Crippen LogP contribution in [0.25, 0.3) is 5.69 Å². The van der Waals surface area contributed by atoms with Crippen LogP contribution < -0.4 is 5.32 Å². The van der Waals surface area contributed by atoms with E-state index in [0.717, 1.165) is 6.42 Å². The molecule has 0 fully saturated rings. The Morgan fingerprint density at radius 1 is 1.32 bits per heavy atom. The first-order chi connectivity index (χ1) is 11.7. The van der Waals surface area contributed by atoms with Crippen LogP contribution in [-0.2, 0) is 16.6 Å². The van der Waals surface area contributed by atoms with E-state index in [1.807, 2.05) is 20.8 Å². The lowest BCUT2D eigenvalue weighted by Gasteiger charge is -2.24. The van der Waals surface area contributed by atoms with Gasteiger partial charge in [-0.1, -0.05) is 19.1 Å². The molecular formula is C17H22N4O3S. The number of carbonyl (C=O) groups is 1. The smallest absolute Gasteiger partial charge is 0.272 e. The maximum atomic E-state index is 12.7. The van der Waals surface area contributed by atoms with E-state index in [-0.39, 0.29) is 28.6 Å². The van der Waals surface area contributed by atoms with Crippen molar-refractivity contribution in [1.29, 1.82) is 0 Å². The van der Waals surface area contributed by atoms with Crippen molar-refractivity contribution in [2.75, 3.05) is 7.05 Å². The maximum Gasteiger partial charge on any atom is 0.272 e. The summed E-state index contributed by atoms with van der Waals surface area (Å²) >= 11 is 0. The number of benzene rings is 1. The van der Waals surface area contributed by atoms with E-state index >= 15 is 0 Å². The summed E-state index contributed by atoms with van der Waals surface area (Å²) in [5, 5.41) is 2.96. The van der Waals surface area contributed by atoms with Gasteiger partial charge in [-0.25, -0.2) is 13.4 Å². The van der Waals surface area contributed by atoms with Gasteiger partial charge in [0.05, 0.1) is 17.9 Å². The maximum absolute atomic E-state index is 12.7. The second-order valence-corrected chi connectivity index (χ2v) is 8.84. The summed E-state index contributed by atoms with van der Waals surface area (Å²) in [5.41, 5.74) is 0.942. The van der Waals surface area contributed by atoms with Crippen LogP contribution in [0.4, 0.5) is 0 Å². The van der Waals surface area contributed by atoms with Crippen molar-refractivity contribution in [2.24, 2.45) is 0 Å². The minimum atomic E-state index is -3.62. The molecule has 0 bridgehead atoms. The molecule has 0 atom stereocenters. The van der Waals surface area contributed by atoms with Crippen LogP contribution in [-0.4, -0.2) is 40.8 Å². The number of carbonyl (C=O) groups excluding carboxylic acids is 1. The first kappa shape index (κ1) is 17.6. The summed E-state index contributed by atoms with van der Waals surface area (Å²) in [6.07, 6.45) is 2.28. The third-order valence-corrected chi connectivity index (χ3v) is 6.45. The van der Waals surface area contributed by atoms with E-state index in [1.54, 1.807) is 28.8 Å². The van der Waals surface area contributed by atoms with Crippen LogP contribution in [0, 0.1) is 0 Å². The molecule has 0 saturated heterocycles. The van der Waals surface area contributed by atoms with Crippen molar-refractivity contribution >= 4 is 15.9 Å². The Labute approximate surface area is 147 Å². The molecule has 1 aromatic carbocycles. The summed E-state index contributed by atoms with van der Waals surface area (Å²) in [5.74, 6) is -0.300. The molecule has 0 spiro atoms. The van der Waals surface area contributed by atoms with Crippen LogP contribution in [0.5, 0.6) is 0 Å². The average Bonchev–Trinajstić information content (AvgIpc) is 2.94. The molecule has 25 heavy (non-hydrogen) atoms. The molecule has 1 aliphatic rings. The highest BCUT2D eigenvalue weighted by molar-refractivity contribution is 7.89. The van der Waals surface area contributed by atoms with Crippen LogP contribution in [0.1, 0.15) is 43.4 Å². The molecule has 3 rings (SSSR count). The van der Waals surface area contributed by atoms with Crippen molar-refractivity contribution < 1.29 is 13.2 Å². The van der Waals surface area contributed by atoms with Gasteiger partial charge in [-0.2, -0.15) is 4.31 Å². The molecule has 8 heteroatoms. The lowest BCUT2D eigenvalue weighted by molar-refractivity contribution is 0.0905. The van der Waals surface area contributed by atoms with Gasteiger partial charge in [0.25, 0.3) is 5.91 Å². The molecule has 0 saturated carbocycles. The molecule has 1 amide bonds. The Morgan fingerprint density at radius 2 is 2.00 bits per heavy atom. The fourth-order valence-electron chi connectivity index (χ4n) is 2.72. The molecule has 1 aliphatic heterocycles. The fraction of sp³-hybridized carbons (Fsp3) is 0.412. The molecule has 1 aromatic heterocycles. The third kappa shape index (κ3) is 2.96. The number of imidazole rings is 1. The monoisotopic (exact) mass is 362 g/mol. The van der Waals surface area contributed by atoms with Gasteiger partial charge < -0.3 is 5.32 Å². The molecule has 0 aliphatic carbocycles. The summed E-state index contributed by atoms with van der Waals surface area (Å²) in [6, 6.07) is 6.73. The van der Waals surface area contributed by atoms with Crippen molar-refractivity contribution in [1.82, 2.24) is 19.2 Å². The van der Waals surface area contributed by atoms with Gasteiger partial charge in [0.2, 0.25) is 10.0 Å². The van der Waals surface area contributed by atoms with Crippen molar-refractivity contribution in [3.8, 4) is 5.69 Å². The first-order valence-electron chi connectivity index (χ1n) is 8.12. The van der Waals surface area contributed by atoms with E-state index < -0.39 is 10.0 Å². The summed E-state index contributed by atoms with van der Waals surface area (Å²) in [4.78, 5) is 17.2. The zero-order valence-electron chi connectivity index (χ0n) is 14.8. The Morgan fingerprint density at radius 3 is 2.68 bits per heavy atom. The number of hydrogen-bond acceptors (Lipinski definition) is 4. The number of hydrogen-bond donors (Lipinski definition) is 1. The van der Waals surface area contributed by atoms with Gasteiger partial charge in [-0.15, -0.1) is 0 Å². The van der Waals surface area contributed by atoms with Gasteiger partial charge in [0.15, 0.2) is 5.69 Å².